The molecule has 4 heteroatoms. The zero-order chi connectivity index (χ0) is 5.82. The summed E-state index contributed by atoms with van der Waals surface area (Å²) in [5.41, 5.74) is 0. The lowest BCUT2D eigenvalue weighted by Crippen LogP contribution is -2.46. The van der Waals surface area contributed by atoms with Crippen LogP contribution in [0.15, 0.2) is 5.18 Å². The number of nitrogens with zero attached hydrogens (tertiary/aromatic N) is 1. The summed E-state index contributed by atoms with van der Waals surface area (Å²) in [4.78, 5) is 9.81. The molecule has 0 radical (unpaired) electrons. The molecule has 0 aromatic rings. The Hall–Kier alpha value is -0.480. The van der Waals surface area contributed by atoms with Crippen LogP contribution in [0.25, 0.3) is 0 Å². The molecule has 1 fully saturated rings. The zero-order valence-electron chi connectivity index (χ0n) is 4.55. The van der Waals surface area contributed by atoms with Gasteiger partial charge in [-0.05, 0) is 5.18 Å². The Morgan fingerprint density at radius 2 is 2.38 bits per heavy atom. The first-order chi connectivity index (χ1) is 3.93. The van der Waals surface area contributed by atoms with E-state index < -0.39 is 0 Å². The average Bonchev–Trinajstić information content (AvgIpc) is 1.90. The van der Waals surface area contributed by atoms with Gasteiger partial charge in [0.25, 0.3) is 0 Å². The monoisotopic (exact) mass is 115 g/mol. The summed E-state index contributed by atoms with van der Waals surface area (Å²) in [5.74, 6) is 0. The number of rotatable bonds is 1. The van der Waals surface area contributed by atoms with Crippen LogP contribution in [-0.2, 0) is 0 Å². The highest BCUT2D eigenvalue weighted by molar-refractivity contribution is 4.71. The van der Waals surface area contributed by atoms with Crippen molar-refractivity contribution in [2.45, 2.75) is 6.17 Å². The number of hydrogen-bond donors (Lipinski definition) is 2. The molecule has 4 nitrogen and oxygen atoms in total. The Balaban J connectivity index is 2.22. The lowest BCUT2D eigenvalue weighted by Gasteiger charge is -2.17. The van der Waals surface area contributed by atoms with Gasteiger partial charge in [0.2, 0.25) is 0 Å². The molecule has 0 aromatic heterocycles. The van der Waals surface area contributed by atoms with Gasteiger partial charge >= 0.3 is 0 Å². The Labute approximate surface area is 47.6 Å². The molecule has 8 heavy (non-hydrogen) atoms. The van der Waals surface area contributed by atoms with Gasteiger partial charge in [-0.15, -0.1) is 4.91 Å². The van der Waals surface area contributed by atoms with E-state index in [1.54, 1.807) is 0 Å². The maximum absolute atomic E-state index is 9.81. The molecule has 0 aliphatic carbocycles. The van der Waals surface area contributed by atoms with Crippen molar-refractivity contribution in [1.82, 2.24) is 10.6 Å². The molecule has 1 unspecified atom stereocenters. The smallest absolute Gasteiger partial charge is 0.154 e. The van der Waals surface area contributed by atoms with Crippen molar-refractivity contribution in [3.63, 3.8) is 0 Å². The van der Waals surface area contributed by atoms with E-state index in [9.17, 15) is 4.91 Å². The second kappa shape index (κ2) is 2.74. The van der Waals surface area contributed by atoms with Gasteiger partial charge in [0, 0.05) is 19.6 Å². The van der Waals surface area contributed by atoms with E-state index in [4.69, 9.17) is 0 Å². The van der Waals surface area contributed by atoms with Gasteiger partial charge in [-0.2, -0.15) is 0 Å². The number of nitrogens with one attached hydrogen (secondary N) is 2. The molecule has 1 atom stereocenters. The summed E-state index contributed by atoms with van der Waals surface area (Å²) in [6.45, 7) is 2.45. The molecule has 0 amide bonds. The third-order valence-electron chi connectivity index (χ3n) is 1.15. The van der Waals surface area contributed by atoms with Crippen LogP contribution in [0.1, 0.15) is 0 Å². The molecule has 1 aliphatic rings. The first kappa shape index (κ1) is 5.65. The summed E-state index contributed by atoms with van der Waals surface area (Å²) in [5, 5.41) is 8.78. The Morgan fingerprint density at radius 1 is 1.50 bits per heavy atom. The predicted molar refractivity (Wildman–Crippen MR) is 30.5 cm³/mol. The standard InChI is InChI=1S/C4H9N3O/c8-7-4-3-5-1-2-6-4/h4-6H,1-3H2. The summed E-state index contributed by atoms with van der Waals surface area (Å²) in [7, 11) is 0. The van der Waals surface area contributed by atoms with Crippen molar-refractivity contribution in [2.24, 2.45) is 5.18 Å². The first-order valence-corrected chi connectivity index (χ1v) is 2.70. The SMILES string of the molecule is O=NC1CNCCN1. The van der Waals surface area contributed by atoms with Crippen LogP contribution in [-0.4, -0.2) is 25.8 Å². The van der Waals surface area contributed by atoms with Crippen LogP contribution in [0.3, 0.4) is 0 Å². The third-order valence-corrected chi connectivity index (χ3v) is 1.15. The predicted octanol–water partition coefficient (Wildman–Crippen LogP) is -0.728. The first-order valence-electron chi connectivity index (χ1n) is 2.70. The van der Waals surface area contributed by atoms with Crippen LogP contribution < -0.4 is 10.6 Å². The highest BCUT2D eigenvalue weighted by Gasteiger charge is 2.09. The Morgan fingerprint density at radius 3 is 2.75 bits per heavy atom. The molecule has 2 N–H and O–H groups in total. The fourth-order valence-electron chi connectivity index (χ4n) is 0.713. The maximum atomic E-state index is 9.81. The summed E-state index contributed by atoms with van der Waals surface area (Å²) >= 11 is 0. The van der Waals surface area contributed by atoms with Crippen LogP contribution in [0, 0.1) is 4.91 Å². The molecule has 0 spiro atoms. The molecule has 1 rings (SSSR count). The van der Waals surface area contributed by atoms with Crippen molar-refractivity contribution in [2.75, 3.05) is 19.6 Å². The fraction of sp³-hybridized carbons (Fsp3) is 1.00. The summed E-state index contributed by atoms with van der Waals surface area (Å²) in [6, 6.07) is 0. The van der Waals surface area contributed by atoms with E-state index >= 15 is 0 Å². The molecule has 1 saturated heterocycles. The second-order valence-electron chi connectivity index (χ2n) is 1.78. The van der Waals surface area contributed by atoms with Crippen LogP contribution in [0.2, 0.25) is 0 Å². The zero-order valence-corrected chi connectivity index (χ0v) is 4.55. The number of piperazine rings is 1. The fourth-order valence-corrected chi connectivity index (χ4v) is 0.713. The van der Waals surface area contributed by atoms with E-state index in [1.165, 1.54) is 0 Å². The highest BCUT2D eigenvalue weighted by atomic mass is 16.3. The Kier molecular flexibility index (Phi) is 1.93. The molecule has 1 heterocycles. The minimum absolute atomic E-state index is 0.205. The molecular formula is C4H9N3O. The second-order valence-corrected chi connectivity index (χ2v) is 1.78. The third kappa shape index (κ3) is 1.24. The van der Waals surface area contributed by atoms with Crippen LogP contribution >= 0.6 is 0 Å². The maximum Gasteiger partial charge on any atom is 0.154 e. The molecule has 46 valence electrons. The van der Waals surface area contributed by atoms with Crippen molar-refractivity contribution in [3.05, 3.63) is 4.91 Å². The summed E-state index contributed by atoms with van der Waals surface area (Å²) < 4.78 is 0. The van der Waals surface area contributed by atoms with Gasteiger partial charge in [0.05, 0.1) is 0 Å². The minimum atomic E-state index is -0.205. The minimum Gasteiger partial charge on any atom is -0.312 e. The average molecular weight is 115 g/mol. The normalized spacial score (nSPS) is 29.8. The van der Waals surface area contributed by atoms with Gasteiger partial charge < -0.3 is 5.32 Å². The van der Waals surface area contributed by atoms with Gasteiger partial charge in [-0.3, -0.25) is 5.32 Å². The lowest BCUT2D eigenvalue weighted by atomic mass is 10.4. The van der Waals surface area contributed by atoms with Crippen molar-refractivity contribution < 1.29 is 0 Å². The van der Waals surface area contributed by atoms with E-state index in [-0.39, 0.29) is 6.17 Å². The van der Waals surface area contributed by atoms with Crippen LogP contribution in [0.4, 0.5) is 0 Å². The highest BCUT2D eigenvalue weighted by Crippen LogP contribution is 1.85. The lowest BCUT2D eigenvalue weighted by molar-refractivity contribution is 0.428. The Bertz CT molecular complexity index is 79.4. The van der Waals surface area contributed by atoms with E-state index in [0.717, 1.165) is 13.1 Å². The van der Waals surface area contributed by atoms with E-state index in [1.807, 2.05) is 0 Å². The molecule has 0 saturated carbocycles. The topological polar surface area (TPSA) is 53.5 Å². The number of hydrogen-bond acceptors (Lipinski definition) is 4. The van der Waals surface area contributed by atoms with Crippen molar-refractivity contribution in [3.8, 4) is 0 Å². The van der Waals surface area contributed by atoms with Gasteiger partial charge in [0.15, 0.2) is 6.17 Å². The molecular weight excluding hydrogens is 106 g/mol. The largest absolute Gasteiger partial charge is 0.312 e. The van der Waals surface area contributed by atoms with Gasteiger partial charge in [0.1, 0.15) is 0 Å². The quantitative estimate of drug-likeness (QED) is 0.443. The summed E-state index contributed by atoms with van der Waals surface area (Å²) in [6.07, 6.45) is -0.205. The van der Waals surface area contributed by atoms with E-state index in [0.29, 0.717) is 6.54 Å². The van der Waals surface area contributed by atoms with E-state index in [2.05, 4.69) is 15.8 Å². The van der Waals surface area contributed by atoms with Crippen molar-refractivity contribution in [1.29, 1.82) is 0 Å². The molecule has 0 aromatic carbocycles. The van der Waals surface area contributed by atoms with Crippen molar-refractivity contribution >= 4 is 0 Å². The molecule has 0 bridgehead atoms. The van der Waals surface area contributed by atoms with Gasteiger partial charge in [-0.1, -0.05) is 0 Å². The number of nitroso groups, excluding NO2 is 1. The van der Waals surface area contributed by atoms with Gasteiger partial charge in [-0.25, -0.2) is 0 Å². The van der Waals surface area contributed by atoms with Crippen LogP contribution in [0.5, 0.6) is 0 Å². The molecule has 1 aliphatic heterocycles.